The lowest BCUT2D eigenvalue weighted by molar-refractivity contribution is -0.137. The molecule has 0 unspecified atom stereocenters. The van der Waals surface area contributed by atoms with E-state index in [4.69, 9.17) is 5.73 Å². The van der Waals surface area contributed by atoms with E-state index in [-0.39, 0.29) is 12.1 Å². The first-order valence-electron chi connectivity index (χ1n) is 14.1. The SMILES string of the molecule is Cc1ccc(-c2c(CN3CCNCC3)cc(C(F)(F)F)cc2C(N)=O)cc1Nc1nccn1-c1cc(NC2CC2)ncn1. The number of nitrogens with two attached hydrogens (primary N) is 1. The molecule has 0 radical (unpaired) electrons. The molecular formula is C30H32F3N9O. The number of halogens is 3. The molecule has 1 saturated heterocycles. The molecule has 43 heavy (non-hydrogen) atoms. The van der Waals surface area contributed by atoms with E-state index in [1.165, 1.54) is 6.33 Å². The molecule has 2 fully saturated rings. The first kappa shape index (κ1) is 28.6. The maximum Gasteiger partial charge on any atom is 0.416 e. The Morgan fingerprint density at radius 2 is 1.88 bits per heavy atom. The molecule has 2 aromatic heterocycles. The van der Waals surface area contributed by atoms with E-state index in [0.29, 0.717) is 53.3 Å². The summed E-state index contributed by atoms with van der Waals surface area (Å²) in [5, 5.41) is 9.96. The van der Waals surface area contributed by atoms with E-state index in [1.54, 1.807) is 23.0 Å². The number of rotatable bonds is 9. The van der Waals surface area contributed by atoms with Crippen LogP contribution in [0, 0.1) is 6.92 Å². The van der Waals surface area contributed by atoms with Gasteiger partial charge in [0.1, 0.15) is 18.0 Å². The van der Waals surface area contributed by atoms with E-state index in [2.05, 4.69) is 35.8 Å². The van der Waals surface area contributed by atoms with Gasteiger partial charge >= 0.3 is 6.18 Å². The minimum absolute atomic E-state index is 0.173. The number of carbonyl (C=O) groups is 1. The van der Waals surface area contributed by atoms with Crippen LogP contribution in [-0.2, 0) is 12.7 Å². The van der Waals surface area contributed by atoms with Crippen molar-refractivity contribution in [1.82, 2.24) is 29.7 Å². The molecule has 0 atom stereocenters. The van der Waals surface area contributed by atoms with Crippen molar-refractivity contribution in [1.29, 1.82) is 0 Å². The summed E-state index contributed by atoms with van der Waals surface area (Å²) in [6, 6.07) is 9.71. The van der Waals surface area contributed by atoms with E-state index >= 15 is 0 Å². The zero-order valence-electron chi connectivity index (χ0n) is 23.6. The Morgan fingerprint density at radius 3 is 2.60 bits per heavy atom. The third kappa shape index (κ3) is 6.47. The summed E-state index contributed by atoms with van der Waals surface area (Å²) in [4.78, 5) is 27.9. The fourth-order valence-corrected chi connectivity index (χ4v) is 5.24. The zero-order chi connectivity index (χ0) is 30.1. The lowest BCUT2D eigenvalue weighted by Gasteiger charge is -2.29. The molecule has 4 aromatic rings. The van der Waals surface area contributed by atoms with Gasteiger partial charge in [-0.1, -0.05) is 12.1 Å². The van der Waals surface area contributed by atoms with Gasteiger partial charge in [0.15, 0.2) is 0 Å². The van der Waals surface area contributed by atoms with E-state index in [0.717, 1.165) is 49.4 Å². The molecule has 1 amide bonds. The number of anilines is 3. The van der Waals surface area contributed by atoms with Crippen molar-refractivity contribution in [3.63, 3.8) is 0 Å². The highest BCUT2D eigenvalue weighted by Crippen LogP contribution is 2.38. The summed E-state index contributed by atoms with van der Waals surface area (Å²) in [6.07, 6.45) is 2.50. The van der Waals surface area contributed by atoms with Crippen LogP contribution in [0.2, 0.25) is 0 Å². The van der Waals surface area contributed by atoms with Crippen molar-refractivity contribution >= 4 is 23.4 Å². The van der Waals surface area contributed by atoms with Crippen LogP contribution < -0.4 is 21.7 Å². The number of carbonyl (C=O) groups excluding carboxylic acids is 1. The van der Waals surface area contributed by atoms with Gasteiger partial charge < -0.3 is 21.7 Å². The van der Waals surface area contributed by atoms with Gasteiger partial charge in [-0.2, -0.15) is 13.2 Å². The molecule has 10 nitrogen and oxygen atoms in total. The Kier molecular flexibility index (Phi) is 7.75. The number of piperazine rings is 1. The Hall–Kier alpha value is -4.49. The fourth-order valence-electron chi connectivity index (χ4n) is 5.24. The number of nitrogens with one attached hydrogen (secondary N) is 3. The van der Waals surface area contributed by atoms with Gasteiger partial charge in [0.25, 0.3) is 0 Å². The average Bonchev–Trinajstić information content (AvgIpc) is 3.67. The van der Waals surface area contributed by atoms with Crippen molar-refractivity contribution in [2.75, 3.05) is 36.8 Å². The zero-order valence-corrected chi connectivity index (χ0v) is 23.6. The highest BCUT2D eigenvalue weighted by Gasteiger charge is 2.33. The second-order valence-electron chi connectivity index (χ2n) is 10.9. The highest BCUT2D eigenvalue weighted by atomic mass is 19.4. The lowest BCUT2D eigenvalue weighted by atomic mass is 9.90. The van der Waals surface area contributed by atoms with Gasteiger partial charge in [-0.3, -0.25) is 14.3 Å². The molecule has 2 aliphatic rings. The predicted molar refractivity (Wildman–Crippen MR) is 157 cm³/mol. The van der Waals surface area contributed by atoms with Crippen LogP contribution in [0.4, 0.5) is 30.6 Å². The van der Waals surface area contributed by atoms with E-state index in [9.17, 15) is 18.0 Å². The highest BCUT2D eigenvalue weighted by molar-refractivity contribution is 6.01. The Balaban J connectivity index is 1.38. The Labute approximate surface area is 246 Å². The number of nitrogens with zero attached hydrogens (tertiary/aromatic N) is 5. The molecule has 6 rings (SSSR count). The first-order valence-corrected chi connectivity index (χ1v) is 14.1. The summed E-state index contributed by atoms with van der Waals surface area (Å²) >= 11 is 0. The van der Waals surface area contributed by atoms with Crippen molar-refractivity contribution in [2.45, 2.75) is 38.5 Å². The summed E-state index contributed by atoms with van der Waals surface area (Å²) in [5.74, 6) is 0.903. The minimum Gasteiger partial charge on any atom is -0.367 e. The number of alkyl halides is 3. The van der Waals surface area contributed by atoms with Crippen molar-refractivity contribution in [3.05, 3.63) is 77.4 Å². The number of aryl methyl sites for hydroxylation is 1. The normalized spacial score (nSPS) is 15.8. The third-order valence-electron chi connectivity index (χ3n) is 7.66. The lowest BCUT2D eigenvalue weighted by Crippen LogP contribution is -2.43. The number of hydrogen-bond acceptors (Lipinski definition) is 8. The Morgan fingerprint density at radius 1 is 1.09 bits per heavy atom. The predicted octanol–water partition coefficient (Wildman–Crippen LogP) is 4.48. The summed E-state index contributed by atoms with van der Waals surface area (Å²) in [7, 11) is 0. The number of benzene rings is 2. The molecule has 13 heteroatoms. The van der Waals surface area contributed by atoms with Gasteiger partial charge in [-0.15, -0.1) is 0 Å². The van der Waals surface area contributed by atoms with Gasteiger partial charge in [0.05, 0.1) is 5.56 Å². The standard InChI is InChI=1S/C30H32F3N9O/c1-18-2-3-19(13-24(18)40-29-36-8-11-42(29)26-15-25(37-17-38-26)39-22-4-5-22)27-20(16-41-9-6-35-7-10-41)12-21(30(31,32)33)14-23(27)28(34)43/h2-3,8,11-15,17,22,35H,4-7,9-10,16H2,1H3,(H2,34,43)(H,36,40)(H,37,38,39). The fraction of sp³-hybridized carbons (Fsp3) is 0.333. The maximum absolute atomic E-state index is 13.9. The molecule has 3 heterocycles. The first-order chi connectivity index (χ1) is 20.7. The van der Waals surface area contributed by atoms with Crippen LogP contribution in [0.25, 0.3) is 16.9 Å². The van der Waals surface area contributed by atoms with Crippen molar-refractivity contribution in [2.24, 2.45) is 5.73 Å². The van der Waals surface area contributed by atoms with Crippen molar-refractivity contribution in [3.8, 4) is 16.9 Å². The van der Waals surface area contributed by atoms with Gasteiger partial charge in [-0.25, -0.2) is 15.0 Å². The van der Waals surface area contributed by atoms with Crippen LogP contribution in [0.5, 0.6) is 0 Å². The smallest absolute Gasteiger partial charge is 0.367 e. The molecule has 224 valence electrons. The number of hydrogen-bond donors (Lipinski definition) is 4. The van der Waals surface area contributed by atoms with E-state index in [1.807, 2.05) is 25.1 Å². The number of aromatic nitrogens is 4. The summed E-state index contributed by atoms with van der Waals surface area (Å²) < 4.78 is 43.5. The van der Waals surface area contributed by atoms with Crippen LogP contribution in [0.1, 0.15) is 39.9 Å². The maximum atomic E-state index is 13.9. The van der Waals surface area contributed by atoms with Gasteiger partial charge in [0, 0.05) is 68.5 Å². The number of imidazole rings is 1. The van der Waals surface area contributed by atoms with E-state index < -0.39 is 17.6 Å². The molecule has 5 N–H and O–H groups in total. The van der Waals surface area contributed by atoms with Crippen LogP contribution in [-0.4, -0.2) is 62.5 Å². The van der Waals surface area contributed by atoms with Crippen LogP contribution in [0.3, 0.4) is 0 Å². The van der Waals surface area contributed by atoms with Crippen molar-refractivity contribution < 1.29 is 18.0 Å². The van der Waals surface area contributed by atoms with Gasteiger partial charge in [-0.05, 0) is 60.2 Å². The van der Waals surface area contributed by atoms with Crippen LogP contribution >= 0.6 is 0 Å². The second-order valence-corrected chi connectivity index (χ2v) is 10.9. The summed E-state index contributed by atoms with van der Waals surface area (Å²) in [5.41, 5.74) is 7.50. The summed E-state index contributed by atoms with van der Waals surface area (Å²) in [6.45, 7) is 4.95. The molecule has 1 saturated carbocycles. The number of amides is 1. The molecule has 2 aromatic carbocycles. The quantitative estimate of drug-likeness (QED) is 0.225. The largest absolute Gasteiger partial charge is 0.416 e. The third-order valence-corrected chi connectivity index (χ3v) is 7.66. The van der Waals surface area contributed by atoms with Crippen LogP contribution in [0.15, 0.2) is 55.1 Å². The average molecular weight is 592 g/mol. The molecule has 1 aliphatic heterocycles. The topological polar surface area (TPSA) is 126 Å². The molecule has 0 spiro atoms. The second kappa shape index (κ2) is 11.7. The Bertz CT molecular complexity index is 1640. The molecular weight excluding hydrogens is 559 g/mol. The number of primary amides is 1. The van der Waals surface area contributed by atoms with Gasteiger partial charge in [0.2, 0.25) is 11.9 Å². The minimum atomic E-state index is -4.63. The molecule has 0 bridgehead atoms. The molecule has 1 aliphatic carbocycles. The monoisotopic (exact) mass is 591 g/mol.